The Morgan fingerprint density at radius 2 is 2.05 bits per heavy atom. The van der Waals surface area contributed by atoms with E-state index in [1.165, 1.54) is 0 Å². The summed E-state index contributed by atoms with van der Waals surface area (Å²) in [4.78, 5) is 25.0. The molecule has 0 saturated heterocycles. The molecule has 1 rings (SSSR count). The maximum absolute atomic E-state index is 12.7. The summed E-state index contributed by atoms with van der Waals surface area (Å²) in [6.07, 6.45) is 2.58. The van der Waals surface area contributed by atoms with Crippen LogP contribution in [0.3, 0.4) is 0 Å². The largest absolute Gasteiger partial charge is 0.383 e. The lowest BCUT2D eigenvalue weighted by molar-refractivity contribution is 0.0940. The number of aryl methyl sites for hydroxylation is 1. The first-order valence-electron chi connectivity index (χ1n) is 8.01. The van der Waals surface area contributed by atoms with E-state index in [2.05, 4.69) is 12.2 Å². The van der Waals surface area contributed by atoms with Crippen molar-refractivity contribution in [2.24, 2.45) is 0 Å². The maximum Gasteiger partial charge on any atom is 0.263 e. The molecule has 1 N–H and O–H groups in total. The van der Waals surface area contributed by atoms with Crippen LogP contribution in [0, 0.1) is 0 Å². The number of carbonyl (C=O) groups excluding carboxylic acids is 1. The van der Waals surface area contributed by atoms with Crippen LogP contribution in [0.5, 0.6) is 0 Å². The van der Waals surface area contributed by atoms with Gasteiger partial charge in [0.05, 0.1) is 6.61 Å². The van der Waals surface area contributed by atoms with E-state index < -0.39 is 0 Å². The van der Waals surface area contributed by atoms with Crippen LogP contribution in [-0.4, -0.2) is 30.2 Å². The third-order valence-corrected chi connectivity index (χ3v) is 3.54. The van der Waals surface area contributed by atoms with E-state index in [1.54, 1.807) is 17.7 Å². The zero-order valence-electron chi connectivity index (χ0n) is 14.4. The number of hydrogen-bond acceptors (Lipinski definition) is 3. The van der Waals surface area contributed by atoms with Gasteiger partial charge in [0.25, 0.3) is 11.5 Å². The Morgan fingerprint density at radius 1 is 1.36 bits per heavy atom. The highest BCUT2D eigenvalue weighted by atomic mass is 16.5. The van der Waals surface area contributed by atoms with Crippen LogP contribution in [0.2, 0.25) is 0 Å². The highest BCUT2D eigenvalue weighted by Gasteiger charge is 2.18. The molecule has 0 aromatic carbocycles. The Balaban J connectivity index is 3.41. The van der Waals surface area contributed by atoms with Crippen molar-refractivity contribution in [3.63, 3.8) is 0 Å². The zero-order chi connectivity index (χ0) is 16.7. The molecule has 124 valence electrons. The molecule has 1 aromatic heterocycles. The molecule has 5 nitrogen and oxygen atoms in total. The summed E-state index contributed by atoms with van der Waals surface area (Å²) < 4.78 is 6.82. The molecule has 0 atom stereocenters. The minimum atomic E-state index is -0.302. The van der Waals surface area contributed by atoms with Crippen LogP contribution in [0.1, 0.15) is 55.7 Å². The molecule has 0 aliphatic rings. The number of nitrogens with one attached hydrogen (secondary N) is 1. The Bertz CT molecular complexity index is 562. The predicted octanol–water partition coefficient (Wildman–Crippen LogP) is 2.15. The lowest BCUT2D eigenvalue weighted by Gasteiger charge is -2.18. The van der Waals surface area contributed by atoms with Crippen LogP contribution in [0.4, 0.5) is 0 Å². The molecule has 1 aromatic rings. The number of carbonyl (C=O) groups is 1. The fraction of sp³-hybridized carbons (Fsp3) is 0.647. The van der Waals surface area contributed by atoms with Crippen molar-refractivity contribution in [3.8, 4) is 0 Å². The van der Waals surface area contributed by atoms with E-state index in [4.69, 9.17) is 4.74 Å². The first-order valence-corrected chi connectivity index (χ1v) is 8.01. The standard InChI is InChI=1S/C17H28N2O3/c1-6-8-15-13(7-2)11-14(16(20)18-12(3)4)17(21)19(15)9-10-22-5/h11-12H,6-10H2,1-5H3,(H,18,20). The van der Waals surface area contributed by atoms with E-state index in [9.17, 15) is 9.59 Å². The van der Waals surface area contributed by atoms with E-state index >= 15 is 0 Å². The molecule has 0 bridgehead atoms. The van der Waals surface area contributed by atoms with Gasteiger partial charge in [0.15, 0.2) is 0 Å². The number of nitrogens with zero attached hydrogens (tertiary/aromatic N) is 1. The quantitative estimate of drug-likeness (QED) is 0.800. The highest BCUT2D eigenvalue weighted by molar-refractivity contribution is 5.94. The summed E-state index contributed by atoms with van der Waals surface area (Å²) in [6.45, 7) is 8.82. The Kier molecular flexibility index (Phi) is 7.32. The van der Waals surface area contributed by atoms with Gasteiger partial charge in [-0.05, 0) is 38.3 Å². The van der Waals surface area contributed by atoms with E-state index in [0.29, 0.717) is 13.2 Å². The van der Waals surface area contributed by atoms with Crippen molar-refractivity contribution < 1.29 is 9.53 Å². The molecule has 0 spiro atoms. The van der Waals surface area contributed by atoms with Crippen molar-refractivity contribution in [3.05, 3.63) is 33.2 Å². The second-order valence-corrected chi connectivity index (χ2v) is 5.71. The van der Waals surface area contributed by atoms with Crippen LogP contribution in [-0.2, 0) is 24.1 Å². The molecule has 0 radical (unpaired) electrons. The molecule has 22 heavy (non-hydrogen) atoms. The Hall–Kier alpha value is -1.62. The molecule has 0 aliphatic heterocycles. The summed E-state index contributed by atoms with van der Waals surface area (Å²) in [5, 5.41) is 2.80. The highest BCUT2D eigenvalue weighted by Crippen LogP contribution is 2.13. The van der Waals surface area contributed by atoms with E-state index in [-0.39, 0.29) is 23.1 Å². The second kappa shape index (κ2) is 8.73. The molecule has 5 heteroatoms. The van der Waals surface area contributed by atoms with Gasteiger partial charge in [-0.15, -0.1) is 0 Å². The molecule has 1 amide bonds. The number of methoxy groups -OCH3 is 1. The fourth-order valence-electron chi connectivity index (χ4n) is 2.52. The van der Waals surface area contributed by atoms with Crippen molar-refractivity contribution >= 4 is 5.91 Å². The topological polar surface area (TPSA) is 60.3 Å². The van der Waals surface area contributed by atoms with Gasteiger partial charge in [-0.3, -0.25) is 9.59 Å². The van der Waals surface area contributed by atoms with Gasteiger partial charge in [-0.2, -0.15) is 0 Å². The smallest absolute Gasteiger partial charge is 0.263 e. The van der Waals surface area contributed by atoms with Crippen molar-refractivity contribution in [2.75, 3.05) is 13.7 Å². The average molecular weight is 308 g/mol. The average Bonchev–Trinajstić information content (AvgIpc) is 2.46. The maximum atomic E-state index is 12.7. The number of aromatic nitrogens is 1. The number of ether oxygens (including phenoxy) is 1. The summed E-state index contributed by atoms with van der Waals surface area (Å²) in [6, 6.07) is 1.76. The molecule has 0 aliphatic carbocycles. The normalized spacial score (nSPS) is 11.0. The zero-order valence-corrected chi connectivity index (χ0v) is 14.4. The minimum absolute atomic E-state index is 0.000259. The number of pyridine rings is 1. The van der Waals surface area contributed by atoms with Gasteiger partial charge in [-0.1, -0.05) is 20.3 Å². The SMILES string of the molecule is CCCc1c(CC)cc(C(=O)NC(C)C)c(=O)n1CCOC. The van der Waals surface area contributed by atoms with Gasteiger partial charge in [0.1, 0.15) is 5.56 Å². The van der Waals surface area contributed by atoms with Crippen molar-refractivity contribution in [1.29, 1.82) is 0 Å². The summed E-state index contributed by atoms with van der Waals surface area (Å²) in [7, 11) is 1.61. The van der Waals surface area contributed by atoms with Gasteiger partial charge >= 0.3 is 0 Å². The van der Waals surface area contributed by atoms with Crippen LogP contribution >= 0.6 is 0 Å². The van der Waals surface area contributed by atoms with E-state index in [1.807, 2.05) is 20.8 Å². The lowest BCUT2D eigenvalue weighted by atomic mass is 10.0. The monoisotopic (exact) mass is 308 g/mol. The molecule has 0 fully saturated rings. The van der Waals surface area contributed by atoms with Gasteiger partial charge in [0.2, 0.25) is 0 Å². The molecule has 0 unspecified atom stereocenters. The Labute approximate surface area is 132 Å². The lowest BCUT2D eigenvalue weighted by Crippen LogP contribution is -2.38. The van der Waals surface area contributed by atoms with Crippen LogP contribution in [0.25, 0.3) is 0 Å². The fourth-order valence-corrected chi connectivity index (χ4v) is 2.52. The second-order valence-electron chi connectivity index (χ2n) is 5.71. The summed E-state index contributed by atoms with van der Waals surface area (Å²) in [5.41, 5.74) is 2.08. The molecule has 1 heterocycles. The van der Waals surface area contributed by atoms with Gasteiger partial charge < -0.3 is 14.6 Å². The van der Waals surface area contributed by atoms with Crippen molar-refractivity contribution in [2.45, 2.75) is 59.5 Å². The first kappa shape index (κ1) is 18.4. The van der Waals surface area contributed by atoms with Crippen LogP contribution in [0.15, 0.2) is 10.9 Å². The predicted molar refractivity (Wildman–Crippen MR) is 88.6 cm³/mol. The Morgan fingerprint density at radius 3 is 2.55 bits per heavy atom. The summed E-state index contributed by atoms with van der Waals surface area (Å²) in [5.74, 6) is -0.302. The molecule has 0 saturated carbocycles. The van der Waals surface area contributed by atoms with Crippen LogP contribution < -0.4 is 10.9 Å². The number of amides is 1. The third kappa shape index (κ3) is 4.44. The first-order chi connectivity index (χ1) is 10.5. The number of hydrogen-bond donors (Lipinski definition) is 1. The van der Waals surface area contributed by atoms with Gasteiger partial charge in [-0.25, -0.2) is 0 Å². The van der Waals surface area contributed by atoms with Gasteiger partial charge in [0, 0.05) is 25.4 Å². The molecular formula is C17H28N2O3. The minimum Gasteiger partial charge on any atom is -0.383 e. The van der Waals surface area contributed by atoms with E-state index in [0.717, 1.165) is 30.5 Å². The summed E-state index contributed by atoms with van der Waals surface area (Å²) >= 11 is 0. The molecular weight excluding hydrogens is 280 g/mol. The third-order valence-electron chi connectivity index (χ3n) is 3.54. The van der Waals surface area contributed by atoms with Crippen molar-refractivity contribution in [1.82, 2.24) is 9.88 Å². The number of rotatable bonds is 8.